The Bertz CT molecular complexity index is 1840. The fourth-order valence-corrected chi connectivity index (χ4v) is 7.66. The molecule has 1 fully saturated rings. The lowest BCUT2D eigenvalue weighted by atomic mass is 9.47. The van der Waals surface area contributed by atoms with Crippen LogP contribution < -0.4 is 4.90 Å². The van der Waals surface area contributed by atoms with E-state index >= 15 is 0 Å². The summed E-state index contributed by atoms with van der Waals surface area (Å²) in [4.78, 5) is 35.7. The number of nitrogens with zero attached hydrogens (tertiary/aromatic N) is 2. The van der Waals surface area contributed by atoms with Crippen LogP contribution in [0.15, 0.2) is 125 Å². The summed E-state index contributed by atoms with van der Waals surface area (Å²) in [7, 11) is 0. The number of imide groups is 1. The molecular weight excluding hydrogens is 560 g/mol. The van der Waals surface area contributed by atoms with Crippen molar-refractivity contribution in [1.82, 2.24) is 0 Å². The summed E-state index contributed by atoms with van der Waals surface area (Å²) in [6.07, 6.45) is 1.94. The standard InChI is InChI=1S/C35H23BrN2O2/c36-22-16-18-23(19-17-22)37-20-35-27-13-5-3-11-25(27)30(26-12-4-6-14-28(26)35)31-32(35)34(40)38(33(31)39)29-15-7-9-21-8-1-2-10-24(21)29/h1-20,30-32H/t30?,31-,32-,35?/m0/s1. The van der Waals surface area contributed by atoms with Gasteiger partial charge in [0.25, 0.3) is 0 Å². The number of benzene rings is 5. The fraction of sp³-hybridized carbons (Fsp3) is 0.114. The summed E-state index contributed by atoms with van der Waals surface area (Å²) in [5, 5.41) is 1.89. The minimum Gasteiger partial charge on any atom is -0.274 e. The Morgan fingerprint density at radius 3 is 2.05 bits per heavy atom. The average Bonchev–Trinajstić information content (AvgIpc) is 3.27. The van der Waals surface area contributed by atoms with Gasteiger partial charge in [0.1, 0.15) is 0 Å². The Labute approximate surface area is 240 Å². The van der Waals surface area contributed by atoms with Crippen LogP contribution >= 0.6 is 15.9 Å². The molecule has 5 aromatic carbocycles. The number of amides is 2. The highest BCUT2D eigenvalue weighted by Gasteiger charge is 2.68. The molecule has 9 rings (SSSR count). The van der Waals surface area contributed by atoms with Crippen molar-refractivity contribution in [3.63, 3.8) is 0 Å². The molecule has 4 aliphatic rings. The number of carbonyl (C=O) groups excluding carboxylic acids is 2. The van der Waals surface area contributed by atoms with E-state index in [-0.39, 0.29) is 17.7 Å². The predicted octanol–water partition coefficient (Wildman–Crippen LogP) is 7.56. The van der Waals surface area contributed by atoms with E-state index in [1.54, 1.807) is 0 Å². The van der Waals surface area contributed by atoms with Crippen LogP contribution in [-0.2, 0) is 15.0 Å². The summed E-state index contributed by atoms with van der Waals surface area (Å²) in [6, 6.07) is 38.1. The molecule has 0 N–H and O–H groups in total. The van der Waals surface area contributed by atoms with Gasteiger partial charge in [-0.1, -0.05) is 101 Å². The summed E-state index contributed by atoms with van der Waals surface area (Å²) in [5.74, 6) is -1.62. The Kier molecular flexibility index (Phi) is 5.04. The van der Waals surface area contributed by atoms with Crippen molar-refractivity contribution < 1.29 is 9.59 Å². The zero-order chi connectivity index (χ0) is 27.0. The van der Waals surface area contributed by atoms with Crippen molar-refractivity contribution in [1.29, 1.82) is 0 Å². The van der Waals surface area contributed by atoms with Crippen molar-refractivity contribution in [2.24, 2.45) is 16.8 Å². The molecule has 1 heterocycles. The Morgan fingerprint density at radius 1 is 0.700 bits per heavy atom. The van der Waals surface area contributed by atoms with E-state index in [2.05, 4.69) is 40.2 Å². The van der Waals surface area contributed by atoms with Gasteiger partial charge in [-0.15, -0.1) is 0 Å². The Hall–Kier alpha value is -4.35. The van der Waals surface area contributed by atoms with E-state index in [1.807, 2.05) is 97.2 Å². The number of aliphatic imine (C=N–C) groups is 1. The molecular formula is C35H23BrN2O2. The highest BCUT2D eigenvalue weighted by molar-refractivity contribution is 9.10. The van der Waals surface area contributed by atoms with Gasteiger partial charge < -0.3 is 0 Å². The van der Waals surface area contributed by atoms with Crippen molar-refractivity contribution in [3.8, 4) is 0 Å². The van der Waals surface area contributed by atoms with Crippen molar-refractivity contribution >= 4 is 56.1 Å². The lowest BCUT2D eigenvalue weighted by Crippen LogP contribution is -2.54. The van der Waals surface area contributed by atoms with Crippen LogP contribution in [-0.4, -0.2) is 18.0 Å². The molecule has 0 unspecified atom stereocenters. The normalized spacial score (nSPS) is 24.4. The number of hydrogen-bond acceptors (Lipinski definition) is 3. The van der Waals surface area contributed by atoms with Crippen LogP contribution in [0.4, 0.5) is 11.4 Å². The third-order valence-corrected chi connectivity index (χ3v) is 9.46. The molecule has 192 valence electrons. The zero-order valence-corrected chi connectivity index (χ0v) is 23.0. The highest BCUT2D eigenvalue weighted by atomic mass is 79.9. The van der Waals surface area contributed by atoms with E-state index in [1.165, 1.54) is 4.90 Å². The first-order chi connectivity index (χ1) is 19.6. The second kappa shape index (κ2) is 8.57. The molecule has 5 aromatic rings. The molecule has 40 heavy (non-hydrogen) atoms. The second-order valence-corrected chi connectivity index (χ2v) is 11.7. The van der Waals surface area contributed by atoms with Gasteiger partial charge in [0.2, 0.25) is 11.8 Å². The van der Waals surface area contributed by atoms with Gasteiger partial charge in [-0.25, -0.2) is 4.90 Å². The molecule has 0 aromatic heterocycles. The third kappa shape index (κ3) is 3.04. The molecule has 3 aliphatic carbocycles. The molecule has 0 spiro atoms. The maximum absolute atomic E-state index is 14.7. The van der Waals surface area contributed by atoms with Crippen molar-refractivity contribution in [2.75, 3.05) is 4.90 Å². The van der Waals surface area contributed by atoms with Crippen LogP contribution in [0.25, 0.3) is 10.8 Å². The monoisotopic (exact) mass is 582 g/mol. The van der Waals surface area contributed by atoms with Gasteiger partial charge in [-0.05, 0) is 58.0 Å². The minimum atomic E-state index is -0.883. The van der Waals surface area contributed by atoms with Gasteiger partial charge >= 0.3 is 0 Å². The summed E-state index contributed by atoms with van der Waals surface area (Å²) in [6.45, 7) is 0. The molecule has 0 saturated carbocycles. The molecule has 2 amide bonds. The first kappa shape index (κ1) is 23.5. The Morgan fingerprint density at radius 2 is 1.32 bits per heavy atom. The molecule has 2 bridgehead atoms. The van der Waals surface area contributed by atoms with Gasteiger partial charge in [0.05, 0.1) is 28.6 Å². The molecule has 4 nitrogen and oxygen atoms in total. The number of rotatable bonds is 3. The largest absolute Gasteiger partial charge is 0.274 e. The van der Waals surface area contributed by atoms with Crippen molar-refractivity contribution in [3.05, 3.63) is 142 Å². The van der Waals surface area contributed by atoms with E-state index in [9.17, 15) is 9.59 Å². The van der Waals surface area contributed by atoms with Crippen LogP contribution in [0.3, 0.4) is 0 Å². The summed E-state index contributed by atoms with van der Waals surface area (Å²) >= 11 is 3.50. The lowest BCUT2D eigenvalue weighted by molar-refractivity contribution is -0.122. The van der Waals surface area contributed by atoms with Gasteiger partial charge in [0, 0.05) is 22.0 Å². The quantitative estimate of drug-likeness (QED) is 0.163. The smallest absolute Gasteiger partial charge is 0.239 e. The van der Waals surface area contributed by atoms with Crippen LogP contribution in [0.5, 0.6) is 0 Å². The topological polar surface area (TPSA) is 49.7 Å². The summed E-state index contributed by atoms with van der Waals surface area (Å²) in [5.41, 5.74) is 4.88. The third-order valence-electron chi connectivity index (χ3n) is 8.94. The first-order valence-corrected chi connectivity index (χ1v) is 14.2. The predicted molar refractivity (Wildman–Crippen MR) is 161 cm³/mol. The highest BCUT2D eigenvalue weighted by Crippen LogP contribution is 2.64. The second-order valence-electron chi connectivity index (χ2n) is 10.8. The lowest BCUT2D eigenvalue weighted by Gasteiger charge is -2.52. The van der Waals surface area contributed by atoms with Crippen LogP contribution in [0, 0.1) is 11.8 Å². The SMILES string of the molecule is O=C1[C@@H]2[C@@H](C(=O)N1c1cccc3ccccc13)C1c3ccccc3C2(C=Nc2ccc(Br)cc2)c2ccccc21. The number of fused-ring (bicyclic) bond motifs is 1. The molecule has 2 atom stereocenters. The molecule has 0 radical (unpaired) electrons. The van der Waals surface area contributed by atoms with E-state index in [4.69, 9.17) is 4.99 Å². The molecule has 5 heteroatoms. The van der Waals surface area contributed by atoms with Gasteiger partial charge in [0.15, 0.2) is 0 Å². The number of hydrogen-bond donors (Lipinski definition) is 0. The van der Waals surface area contributed by atoms with E-state index in [0.717, 1.165) is 43.2 Å². The minimum absolute atomic E-state index is 0.137. The molecule has 1 aliphatic heterocycles. The summed E-state index contributed by atoms with van der Waals surface area (Å²) < 4.78 is 0.973. The fourth-order valence-electron chi connectivity index (χ4n) is 7.39. The van der Waals surface area contributed by atoms with Gasteiger partial charge in [-0.2, -0.15) is 0 Å². The average molecular weight is 583 g/mol. The number of anilines is 1. The Balaban J connectivity index is 1.40. The zero-order valence-electron chi connectivity index (χ0n) is 21.4. The molecule has 1 saturated heterocycles. The van der Waals surface area contributed by atoms with Gasteiger partial charge in [-0.3, -0.25) is 14.6 Å². The van der Waals surface area contributed by atoms with Crippen molar-refractivity contribution in [2.45, 2.75) is 11.3 Å². The maximum atomic E-state index is 14.7. The number of halogens is 1. The van der Waals surface area contributed by atoms with Crippen LogP contribution in [0.2, 0.25) is 0 Å². The first-order valence-electron chi connectivity index (χ1n) is 13.4. The van der Waals surface area contributed by atoms with Crippen LogP contribution in [0.1, 0.15) is 28.2 Å². The number of carbonyl (C=O) groups is 2. The maximum Gasteiger partial charge on any atom is 0.239 e. The van der Waals surface area contributed by atoms with E-state index in [0.29, 0.717) is 5.69 Å². The van der Waals surface area contributed by atoms with E-state index < -0.39 is 17.3 Å².